The molecule has 4 atom stereocenters. The van der Waals surface area contributed by atoms with Crippen LogP contribution in [0.2, 0.25) is 0 Å². The summed E-state index contributed by atoms with van der Waals surface area (Å²) in [6.07, 6.45) is 2.81. The minimum Gasteiger partial charge on any atom is -0.593 e. The van der Waals surface area contributed by atoms with Gasteiger partial charge in [0.1, 0.15) is 0 Å². The fourth-order valence-corrected chi connectivity index (χ4v) is 9.75. The third-order valence-corrected chi connectivity index (χ3v) is 11.7. The van der Waals surface area contributed by atoms with Crippen LogP contribution < -0.4 is 5.32 Å². The number of amides is 1. The van der Waals surface area contributed by atoms with E-state index in [0.717, 1.165) is 19.3 Å². The molecule has 9 nitrogen and oxygen atoms in total. The molecule has 11 heteroatoms. The lowest BCUT2D eigenvalue weighted by atomic mass is 9.65. The molecular weight excluding hydrogens is 526 g/mol. The number of ether oxygens (including phenoxy) is 1. The van der Waals surface area contributed by atoms with Crippen LogP contribution in [0.4, 0.5) is 5.69 Å². The van der Waals surface area contributed by atoms with Crippen LogP contribution in [-0.4, -0.2) is 62.5 Å². The molecule has 4 unspecified atom stereocenters. The maximum absolute atomic E-state index is 13.6. The molecule has 2 aliphatic heterocycles. The van der Waals surface area contributed by atoms with Crippen LogP contribution in [0, 0.1) is 10.8 Å². The molecule has 2 saturated heterocycles. The van der Waals surface area contributed by atoms with Gasteiger partial charge in [-0.05, 0) is 70.7 Å². The zero-order chi connectivity index (χ0) is 27.3. The van der Waals surface area contributed by atoms with Crippen LogP contribution in [0.1, 0.15) is 50.4 Å². The highest BCUT2D eigenvalue weighted by atomic mass is 32.3. The van der Waals surface area contributed by atoms with Crippen molar-refractivity contribution < 1.29 is 27.1 Å². The highest BCUT2D eigenvalue weighted by Crippen LogP contribution is 2.54. The maximum atomic E-state index is 13.6. The number of anilines is 1. The van der Waals surface area contributed by atoms with Gasteiger partial charge >= 0.3 is 10.4 Å². The molecule has 0 spiro atoms. The van der Waals surface area contributed by atoms with E-state index in [4.69, 9.17) is 4.74 Å². The summed E-state index contributed by atoms with van der Waals surface area (Å²) in [5.41, 5.74) is 0.794. The van der Waals surface area contributed by atoms with Gasteiger partial charge in [0.15, 0.2) is 15.3 Å². The second-order valence-electron chi connectivity index (χ2n) is 11.8. The monoisotopic (exact) mass is 562 g/mol. The number of morpholine rings is 1. The number of rotatable bonds is 6. The zero-order valence-corrected chi connectivity index (χ0v) is 23.7. The largest absolute Gasteiger partial charge is 0.593 e. The van der Waals surface area contributed by atoms with Gasteiger partial charge in [0, 0.05) is 17.3 Å². The normalized spacial score (nSPS) is 28.8. The molecule has 2 aromatic rings. The Balaban J connectivity index is 1.29. The van der Waals surface area contributed by atoms with E-state index in [9.17, 15) is 22.3 Å². The van der Waals surface area contributed by atoms with Crippen molar-refractivity contribution in [1.29, 1.82) is 0 Å². The number of fused-ring (bicyclic) bond motifs is 2. The lowest BCUT2D eigenvalue weighted by Crippen LogP contribution is -2.44. The molecule has 2 N–H and O–H groups in total. The topological polar surface area (TPSA) is 122 Å². The average molecular weight is 563 g/mol. The second-order valence-corrected chi connectivity index (χ2v) is 15.7. The predicted octanol–water partition coefficient (Wildman–Crippen LogP) is 4.32. The summed E-state index contributed by atoms with van der Waals surface area (Å²) >= 11 is 0. The molecule has 3 aliphatic rings. The summed E-state index contributed by atoms with van der Waals surface area (Å²) in [7, 11) is -7.14. The first-order valence-corrected chi connectivity index (χ1v) is 15.8. The molecule has 0 radical (unpaired) electrons. The van der Waals surface area contributed by atoms with Crippen LogP contribution in [0.15, 0.2) is 58.3 Å². The molecule has 2 heterocycles. The number of benzene rings is 2. The Morgan fingerprint density at radius 3 is 2.42 bits per heavy atom. The molecule has 2 bridgehead atoms. The SMILES string of the molecule is CC1(C)CC2CC(C)(CN2[S+](=O)(O)c2ccc(C(=O)Nc3cccc([S+](=O)([O-])N4CCOCC4)c3)cc2)C1. The first-order chi connectivity index (χ1) is 17.8. The van der Waals surface area contributed by atoms with Crippen molar-refractivity contribution in [3.63, 3.8) is 0 Å². The highest BCUT2D eigenvalue weighted by Gasteiger charge is 2.58. The minimum atomic E-state index is -3.70. The Bertz CT molecular complexity index is 1310. The minimum absolute atomic E-state index is 0.0153. The molecule has 206 valence electrons. The number of nitrogens with one attached hydrogen (secondary N) is 1. The van der Waals surface area contributed by atoms with Crippen molar-refractivity contribution in [2.75, 3.05) is 38.2 Å². The van der Waals surface area contributed by atoms with Gasteiger partial charge < -0.3 is 14.6 Å². The van der Waals surface area contributed by atoms with Crippen LogP contribution in [-0.2, 0) is 34.0 Å². The van der Waals surface area contributed by atoms with Crippen molar-refractivity contribution in [3.05, 3.63) is 54.1 Å². The quantitative estimate of drug-likeness (QED) is 0.506. The number of carbonyl (C=O) groups excluding carboxylic acids is 1. The Labute approximate surface area is 226 Å². The Morgan fingerprint density at radius 2 is 1.74 bits per heavy atom. The van der Waals surface area contributed by atoms with E-state index in [-0.39, 0.29) is 39.8 Å². The summed E-state index contributed by atoms with van der Waals surface area (Å²) in [6, 6.07) is 12.3. The molecule has 0 aromatic heterocycles. The van der Waals surface area contributed by atoms with Crippen LogP contribution in [0.5, 0.6) is 0 Å². The highest BCUT2D eigenvalue weighted by molar-refractivity contribution is 7.95. The van der Waals surface area contributed by atoms with Gasteiger partial charge in [-0.25, -0.2) is 0 Å². The van der Waals surface area contributed by atoms with Crippen molar-refractivity contribution in [2.24, 2.45) is 10.8 Å². The van der Waals surface area contributed by atoms with E-state index in [2.05, 4.69) is 26.1 Å². The van der Waals surface area contributed by atoms with Crippen molar-refractivity contribution >= 4 is 32.4 Å². The predicted molar refractivity (Wildman–Crippen MR) is 146 cm³/mol. The van der Waals surface area contributed by atoms with Crippen LogP contribution >= 0.6 is 0 Å². The molecule has 38 heavy (non-hydrogen) atoms. The van der Waals surface area contributed by atoms with E-state index >= 15 is 0 Å². The van der Waals surface area contributed by atoms with Gasteiger partial charge in [0.05, 0.1) is 38.9 Å². The number of hydrogen-bond acceptors (Lipinski definition) is 5. The fourth-order valence-electron chi connectivity index (χ4n) is 6.49. The number of carbonyl (C=O) groups is 1. The first-order valence-electron chi connectivity index (χ1n) is 12.9. The molecule has 3 fully saturated rings. The van der Waals surface area contributed by atoms with Gasteiger partial charge in [-0.2, -0.15) is 4.55 Å². The van der Waals surface area contributed by atoms with Crippen LogP contribution in [0.3, 0.4) is 0 Å². The summed E-state index contributed by atoms with van der Waals surface area (Å²) < 4.78 is 59.1. The summed E-state index contributed by atoms with van der Waals surface area (Å²) in [6.45, 7) is 8.49. The van der Waals surface area contributed by atoms with Crippen molar-refractivity contribution in [3.8, 4) is 0 Å². The third kappa shape index (κ3) is 5.38. The number of nitrogens with zero attached hydrogens (tertiary/aromatic N) is 2. The third-order valence-electron chi connectivity index (χ3n) is 7.81. The Hall–Kier alpha value is -1.99. The first kappa shape index (κ1) is 27.6. The maximum Gasteiger partial charge on any atom is 0.325 e. The summed E-state index contributed by atoms with van der Waals surface area (Å²) in [4.78, 5) is 13.3. The van der Waals surface area contributed by atoms with E-state index in [1.807, 2.05) is 0 Å². The zero-order valence-electron chi connectivity index (χ0n) is 22.1. The number of sulfonamides is 1. The average Bonchev–Trinajstić information content (AvgIpc) is 3.14. The fraction of sp³-hybridized carbons (Fsp3) is 0.519. The molecule has 1 amide bonds. The van der Waals surface area contributed by atoms with Gasteiger partial charge in [-0.1, -0.05) is 35.4 Å². The molecule has 5 rings (SSSR count). The van der Waals surface area contributed by atoms with Gasteiger partial charge in [-0.15, -0.1) is 4.31 Å². The summed E-state index contributed by atoms with van der Waals surface area (Å²) in [5.74, 6) is -0.437. The Kier molecular flexibility index (Phi) is 7.17. The smallest absolute Gasteiger partial charge is 0.325 e. The lowest BCUT2D eigenvalue weighted by Gasteiger charge is -2.39. The van der Waals surface area contributed by atoms with Gasteiger partial charge in [0.2, 0.25) is 4.90 Å². The van der Waals surface area contributed by atoms with E-state index < -0.39 is 26.7 Å². The summed E-state index contributed by atoms with van der Waals surface area (Å²) in [5, 5.41) is 2.74. The number of hydrogen-bond donors (Lipinski definition) is 2. The van der Waals surface area contributed by atoms with Crippen molar-refractivity contribution in [1.82, 2.24) is 8.61 Å². The van der Waals surface area contributed by atoms with E-state index in [0.29, 0.717) is 31.0 Å². The molecule has 2 aromatic carbocycles. The van der Waals surface area contributed by atoms with E-state index in [1.54, 1.807) is 16.4 Å². The van der Waals surface area contributed by atoms with Gasteiger partial charge in [0.25, 0.3) is 5.91 Å². The standard InChI is InChI=1S/C27H35N3O6S2/c1-26(2)16-22-17-27(3,18-26)19-30(22)38(34,35)23-9-7-20(8-10-23)25(31)28-21-5-4-6-24(15-21)37(32,33)29-11-13-36-14-12-29/h4-10,15,22H,11-14,16-19H2,1-3H3,(H-2,28,31,32,33,34,35)/p+1. The molecule has 1 saturated carbocycles. The molecular formula is C27H36N3O6S2+. The van der Waals surface area contributed by atoms with E-state index in [1.165, 1.54) is 40.7 Å². The second kappa shape index (κ2) is 9.88. The lowest BCUT2D eigenvalue weighted by molar-refractivity contribution is 0.0696. The molecule has 1 aliphatic carbocycles. The van der Waals surface area contributed by atoms with Crippen molar-refractivity contribution in [2.45, 2.75) is 55.9 Å². The van der Waals surface area contributed by atoms with Crippen LogP contribution in [0.25, 0.3) is 0 Å². The van der Waals surface area contributed by atoms with Gasteiger partial charge in [-0.3, -0.25) is 4.79 Å². The Morgan fingerprint density at radius 1 is 1.05 bits per heavy atom.